The summed E-state index contributed by atoms with van der Waals surface area (Å²) in [6.07, 6.45) is 3.82. The normalized spacial score (nSPS) is 18.9. The molecule has 0 aromatic carbocycles. The first-order valence-electron chi connectivity index (χ1n) is 6.15. The number of thiazole rings is 1. The Morgan fingerprint density at radius 3 is 3.22 bits per heavy atom. The maximum atomic E-state index is 4.51. The second-order valence-corrected chi connectivity index (χ2v) is 8.71. The molecule has 2 heterocycles. The molecule has 1 aliphatic carbocycles. The van der Waals surface area contributed by atoms with Crippen LogP contribution in [0.2, 0.25) is 0 Å². The number of aryl methyl sites for hydroxylation is 2. The van der Waals surface area contributed by atoms with Gasteiger partial charge < -0.3 is 5.32 Å². The summed E-state index contributed by atoms with van der Waals surface area (Å²) in [4.78, 5) is 6.09. The number of rotatable bonds is 3. The van der Waals surface area contributed by atoms with Crippen LogP contribution in [0.3, 0.4) is 0 Å². The molecular weight excluding hydrogens is 375 g/mol. The molecule has 2 aromatic heterocycles. The van der Waals surface area contributed by atoms with Gasteiger partial charge >= 0.3 is 0 Å². The van der Waals surface area contributed by atoms with Gasteiger partial charge in [0, 0.05) is 22.8 Å². The number of thiophene rings is 1. The number of halogens is 1. The van der Waals surface area contributed by atoms with Crippen molar-refractivity contribution in [3.05, 3.63) is 35.5 Å². The van der Waals surface area contributed by atoms with E-state index in [4.69, 9.17) is 0 Å². The minimum Gasteiger partial charge on any atom is -0.304 e. The quantitative estimate of drug-likeness (QED) is 0.792. The van der Waals surface area contributed by atoms with E-state index < -0.39 is 0 Å². The van der Waals surface area contributed by atoms with Gasteiger partial charge in [0.1, 0.15) is 0 Å². The fourth-order valence-electron chi connectivity index (χ4n) is 2.45. The van der Waals surface area contributed by atoms with Crippen molar-refractivity contribution in [2.75, 3.05) is 0 Å². The van der Waals surface area contributed by atoms with E-state index in [-0.39, 0.29) is 0 Å². The molecule has 0 amide bonds. The van der Waals surface area contributed by atoms with Crippen molar-refractivity contribution in [2.45, 2.75) is 38.8 Å². The Labute approximate surface area is 129 Å². The molecule has 1 atom stereocenters. The molecule has 18 heavy (non-hydrogen) atoms. The van der Waals surface area contributed by atoms with Gasteiger partial charge in [-0.05, 0) is 60.4 Å². The monoisotopic (exact) mass is 390 g/mol. The van der Waals surface area contributed by atoms with Crippen LogP contribution in [0.25, 0.3) is 0 Å². The van der Waals surface area contributed by atoms with Gasteiger partial charge in [0.2, 0.25) is 0 Å². The van der Waals surface area contributed by atoms with Crippen LogP contribution in [0.1, 0.15) is 40.0 Å². The standard InChI is InChI=1S/C13H15IN2S2/c1-8-16-9(7-17-8)6-15-11-3-2-4-12-10(11)5-13(14)18-12/h5,7,11,15H,2-4,6H2,1H3. The van der Waals surface area contributed by atoms with Crippen LogP contribution in [-0.4, -0.2) is 4.98 Å². The minimum absolute atomic E-state index is 0.524. The molecule has 0 radical (unpaired) electrons. The van der Waals surface area contributed by atoms with E-state index in [1.165, 1.54) is 33.4 Å². The Hall–Kier alpha value is 0.0200. The average Bonchev–Trinajstić information content (AvgIpc) is 2.91. The highest BCUT2D eigenvalue weighted by atomic mass is 127. The Balaban J connectivity index is 1.70. The Kier molecular flexibility index (Phi) is 4.03. The third-order valence-electron chi connectivity index (χ3n) is 3.28. The van der Waals surface area contributed by atoms with E-state index >= 15 is 0 Å². The minimum atomic E-state index is 0.524. The zero-order chi connectivity index (χ0) is 12.5. The third kappa shape index (κ3) is 2.79. The number of nitrogens with one attached hydrogen (secondary N) is 1. The van der Waals surface area contributed by atoms with E-state index in [2.05, 4.69) is 51.3 Å². The van der Waals surface area contributed by atoms with Crippen LogP contribution in [0.4, 0.5) is 0 Å². The summed E-state index contributed by atoms with van der Waals surface area (Å²) >= 11 is 6.12. The van der Waals surface area contributed by atoms with Crippen molar-refractivity contribution >= 4 is 45.3 Å². The van der Waals surface area contributed by atoms with Crippen LogP contribution in [0.5, 0.6) is 0 Å². The molecule has 0 saturated carbocycles. The fourth-order valence-corrected chi connectivity index (χ4v) is 5.18. The zero-order valence-electron chi connectivity index (χ0n) is 10.2. The van der Waals surface area contributed by atoms with E-state index in [1.807, 2.05) is 11.3 Å². The number of nitrogens with zero attached hydrogens (tertiary/aromatic N) is 1. The van der Waals surface area contributed by atoms with Crippen molar-refractivity contribution in [2.24, 2.45) is 0 Å². The van der Waals surface area contributed by atoms with Crippen molar-refractivity contribution in [1.29, 1.82) is 0 Å². The van der Waals surface area contributed by atoms with Gasteiger partial charge in [0.25, 0.3) is 0 Å². The zero-order valence-corrected chi connectivity index (χ0v) is 14.0. The Morgan fingerprint density at radius 1 is 1.56 bits per heavy atom. The lowest BCUT2D eigenvalue weighted by Crippen LogP contribution is -2.24. The second kappa shape index (κ2) is 5.56. The predicted molar refractivity (Wildman–Crippen MR) is 86.4 cm³/mol. The first-order chi connectivity index (χ1) is 8.72. The molecule has 0 aliphatic heterocycles. The molecule has 2 nitrogen and oxygen atoms in total. The molecule has 0 spiro atoms. The summed E-state index contributed by atoms with van der Waals surface area (Å²) in [5, 5.41) is 6.98. The highest BCUT2D eigenvalue weighted by Gasteiger charge is 2.22. The summed E-state index contributed by atoms with van der Waals surface area (Å²) in [5.41, 5.74) is 2.71. The lowest BCUT2D eigenvalue weighted by Gasteiger charge is -2.23. The van der Waals surface area contributed by atoms with Crippen LogP contribution >= 0.6 is 45.3 Å². The van der Waals surface area contributed by atoms with Crippen molar-refractivity contribution in [1.82, 2.24) is 10.3 Å². The topological polar surface area (TPSA) is 24.9 Å². The molecular formula is C13H15IN2S2. The van der Waals surface area contributed by atoms with Crippen molar-refractivity contribution < 1.29 is 0 Å². The molecule has 0 bridgehead atoms. The van der Waals surface area contributed by atoms with Gasteiger partial charge in [0.05, 0.1) is 13.6 Å². The van der Waals surface area contributed by atoms with E-state index in [9.17, 15) is 0 Å². The Bertz CT molecular complexity index is 547. The van der Waals surface area contributed by atoms with Crippen molar-refractivity contribution in [3.8, 4) is 0 Å². The molecule has 1 unspecified atom stereocenters. The second-order valence-electron chi connectivity index (χ2n) is 4.61. The van der Waals surface area contributed by atoms with Gasteiger partial charge in [-0.1, -0.05) is 0 Å². The van der Waals surface area contributed by atoms with Gasteiger partial charge in [-0.2, -0.15) is 0 Å². The maximum Gasteiger partial charge on any atom is 0.0897 e. The predicted octanol–water partition coefficient (Wildman–Crippen LogP) is 4.28. The first kappa shape index (κ1) is 13.0. The lowest BCUT2D eigenvalue weighted by atomic mass is 9.94. The van der Waals surface area contributed by atoms with Crippen LogP contribution in [0.15, 0.2) is 11.4 Å². The van der Waals surface area contributed by atoms with Gasteiger partial charge in [0.15, 0.2) is 0 Å². The third-order valence-corrected chi connectivity index (χ3v) is 6.07. The molecule has 1 N–H and O–H groups in total. The largest absolute Gasteiger partial charge is 0.304 e. The maximum absolute atomic E-state index is 4.51. The first-order valence-corrected chi connectivity index (χ1v) is 8.92. The molecule has 2 aromatic rings. The summed E-state index contributed by atoms with van der Waals surface area (Å²) in [6, 6.07) is 2.87. The SMILES string of the molecule is Cc1nc(CNC2CCCc3sc(I)cc32)cs1. The molecule has 1 aliphatic rings. The highest BCUT2D eigenvalue weighted by Crippen LogP contribution is 2.36. The Morgan fingerprint density at radius 2 is 2.44 bits per heavy atom. The van der Waals surface area contributed by atoms with Crippen LogP contribution in [0, 0.1) is 9.81 Å². The molecule has 5 heteroatoms. The summed E-state index contributed by atoms with van der Waals surface area (Å²) in [6.45, 7) is 2.95. The van der Waals surface area contributed by atoms with Crippen LogP contribution in [-0.2, 0) is 13.0 Å². The lowest BCUT2D eigenvalue weighted by molar-refractivity contribution is 0.460. The van der Waals surface area contributed by atoms with Crippen LogP contribution < -0.4 is 5.32 Å². The fraction of sp³-hybridized carbons (Fsp3) is 0.462. The molecule has 96 valence electrons. The van der Waals surface area contributed by atoms with Gasteiger partial charge in [-0.15, -0.1) is 22.7 Å². The smallest absolute Gasteiger partial charge is 0.0897 e. The van der Waals surface area contributed by atoms with E-state index in [0.717, 1.165) is 11.6 Å². The molecule has 3 rings (SSSR count). The number of hydrogen-bond acceptors (Lipinski definition) is 4. The van der Waals surface area contributed by atoms with Gasteiger partial charge in [-0.25, -0.2) is 4.98 Å². The van der Waals surface area contributed by atoms with Gasteiger partial charge in [-0.3, -0.25) is 0 Å². The number of hydrogen-bond donors (Lipinski definition) is 1. The number of aromatic nitrogens is 1. The summed E-state index contributed by atoms with van der Waals surface area (Å²) < 4.78 is 1.41. The van der Waals surface area contributed by atoms with E-state index in [1.54, 1.807) is 16.2 Å². The summed E-state index contributed by atoms with van der Waals surface area (Å²) in [5.74, 6) is 0. The summed E-state index contributed by atoms with van der Waals surface area (Å²) in [7, 11) is 0. The highest BCUT2D eigenvalue weighted by molar-refractivity contribution is 14.1. The number of fused-ring (bicyclic) bond motifs is 1. The molecule has 0 saturated heterocycles. The molecule has 0 fully saturated rings. The van der Waals surface area contributed by atoms with E-state index in [0.29, 0.717) is 6.04 Å². The average molecular weight is 390 g/mol. The van der Waals surface area contributed by atoms with Crippen molar-refractivity contribution in [3.63, 3.8) is 0 Å².